The number of nitrogens with two attached hydrogens (primary N) is 1. The molecule has 0 saturated carbocycles. The number of ether oxygens (including phenoxy) is 1. The predicted octanol–water partition coefficient (Wildman–Crippen LogP) is 2.90. The third-order valence-electron chi connectivity index (χ3n) is 3.87. The van der Waals surface area contributed by atoms with Crippen LogP contribution in [0, 0.1) is 6.92 Å². The normalized spacial score (nSPS) is 13.4. The average Bonchev–Trinajstić information content (AvgIpc) is 2.58. The number of hydrogen-bond acceptors (Lipinski definition) is 5. The summed E-state index contributed by atoms with van der Waals surface area (Å²) in [6.45, 7) is 5.05. The topological polar surface area (TPSA) is 80.5 Å². The minimum absolute atomic E-state index is 0. The number of rotatable bonds is 3. The average molecular weight is 385 g/mol. The standard InChI is InChI=1S/C17H20N4O2.2ClH/c1-12-2-3-13(18)10-15(12)17(22)20-16-5-4-14(11-19-16)21-6-8-23-9-7-21;;/h2-5,10-11H,6-9,18H2,1H3,(H,19,20,22);2*1H. The third-order valence-corrected chi connectivity index (χ3v) is 3.87. The summed E-state index contributed by atoms with van der Waals surface area (Å²) in [5.41, 5.74) is 8.79. The molecule has 1 aliphatic heterocycles. The number of nitrogen functional groups attached to an aromatic ring is 1. The Morgan fingerprint density at radius 2 is 1.92 bits per heavy atom. The fourth-order valence-electron chi connectivity index (χ4n) is 2.54. The fourth-order valence-corrected chi connectivity index (χ4v) is 2.54. The number of morpholine rings is 1. The molecule has 25 heavy (non-hydrogen) atoms. The number of hydrogen-bond donors (Lipinski definition) is 2. The summed E-state index contributed by atoms with van der Waals surface area (Å²) in [5, 5.41) is 2.81. The molecule has 1 saturated heterocycles. The Morgan fingerprint density at radius 1 is 1.20 bits per heavy atom. The molecule has 136 valence electrons. The van der Waals surface area contributed by atoms with Crippen molar-refractivity contribution in [1.29, 1.82) is 0 Å². The highest BCUT2D eigenvalue weighted by Crippen LogP contribution is 2.18. The number of aromatic nitrogens is 1. The first-order valence-corrected chi connectivity index (χ1v) is 7.60. The molecule has 0 bridgehead atoms. The molecule has 3 rings (SSSR count). The van der Waals surface area contributed by atoms with Gasteiger partial charge in [-0.3, -0.25) is 4.79 Å². The Labute approximate surface area is 159 Å². The van der Waals surface area contributed by atoms with Crippen LogP contribution in [-0.2, 0) is 4.74 Å². The molecular formula is C17H22Cl2N4O2. The molecule has 8 heteroatoms. The zero-order chi connectivity index (χ0) is 16.2. The number of halogens is 2. The van der Waals surface area contributed by atoms with Gasteiger partial charge < -0.3 is 20.7 Å². The molecule has 1 aromatic heterocycles. The summed E-state index contributed by atoms with van der Waals surface area (Å²) in [5.74, 6) is 0.315. The minimum Gasteiger partial charge on any atom is -0.399 e. The molecule has 3 N–H and O–H groups in total. The maximum absolute atomic E-state index is 12.3. The Morgan fingerprint density at radius 3 is 2.56 bits per heavy atom. The van der Waals surface area contributed by atoms with E-state index in [-0.39, 0.29) is 30.7 Å². The van der Waals surface area contributed by atoms with E-state index in [0.717, 1.165) is 37.6 Å². The van der Waals surface area contributed by atoms with E-state index in [9.17, 15) is 4.79 Å². The van der Waals surface area contributed by atoms with E-state index in [1.54, 1.807) is 18.3 Å². The fraction of sp³-hybridized carbons (Fsp3) is 0.294. The number of carbonyl (C=O) groups excluding carboxylic acids is 1. The largest absolute Gasteiger partial charge is 0.399 e. The molecule has 0 spiro atoms. The van der Waals surface area contributed by atoms with E-state index >= 15 is 0 Å². The number of nitrogens with zero attached hydrogens (tertiary/aromatic N) is 2. The smallest absolute Gasteiger partial charge is 0.257 e. The Kier molecular flexibility index (Phi) is 7.96. The molecule has 2 heterocycles. The number of amides is 1. The van der Waals surface area contributed by atoms with Crippen molar-refractivity contribution in [3.05, 3.63) is 47.7 Å². The number of pyridine rings is 1. The highest BCUT2D eigenvalue weighted by atomic mass is 35.5. The van der Waals surface area contributed by atoms with Crippen molar-refractivity contribution in [1.82, 2.24) is 4.98 Å². The lowest BCUT2D eigenvalue weighted by molar-refractivity contribution is 0.102. The van der Waals surface area contributed by atoms with Crippen LogP contribution in [0.4, 0.5) is 17.2 Å². The first kappa shape index (κ1) is 21.0. The van der Waals surface area contributed by atoms with Crippen LogP contribution in [0.3, 0.4) is 0 Å². The lowest BCUT2D eigenvalue weighted by Gasteiger charge is -2.28. The van der Waals surface area contributed by atoms with Gasteiger partial charge >= 0.3 is 0 Å². The van der Waals surface area contributed by atoms with Crippen molar-refractivity contribution in [2.45, 2.75) is 6.92 Å². The van der Waals surface area contributed by atoms with Crippen LogP contribution < -0.4 is 16.0 Å². The molecular weight excluding hydrogens is 363 g/mol. The van der Waals surface area contributed by atoms with Gasteiger partial charge in [-0.1, -0.05) is 6.07 Å². The summed E-state index contributed by atoms with van der Waals surface area (Å²) >= 11 is 0. The minimum atomic E-state index is -0.207. The van der Waals surface area contributed by atoms with E-state index < -0.39 is 0 Å². The van der Waals surface area contributed by atoms with E-state index in [2.05, 4.69) is 15.2 Å². The summed E-state index contributed by atoms with van der Waals surface area (Å²) < 4.78 is 5.34. The molecule has 2 aromatic rings. The van der Waals surface area contributed by atoms with Gasteiger partial charge in [-0.05, 0) is 36.8 Å². The number of benzene rings is 1. The molecule has 0 radical (unpaired) electrons. The predicted molar refractivity (Wildman–Crippen MR) is 105 cm³/mol. The molecule has 0 atom stereocenters. The van der Waals surface area contributed by atoms with Crippen LogP contribution in [-0.4, -0.2) is 37.2 Å². The summed E-state index contributed by atoms with van der Waals surface area (Å²) in [7, 11) is 0. The van der Waals surface area contributed by atoms with Crippen LogP contribution in [0.2, 0.25) is 0 Å². The summed E-state index contributed by atoms with van der Waals surface area (Å²) in [6.07, 6.45) is 1.77. The van der Waals surface area contributed by atoms with Crippen molar-refractivity contribution < 1.29 is 9.53 Å². The quantitative estimate of drug-likeness (QED) is 0.795. The van der Waals surface area contributed by atoms with Gasteiger partial charge in [0.05, 0.1) is 25.1 Å². The SMILES string of the molecule is Cc1ccc(N)cc1C(=O)Nc1ccc(N2CCOCC2)cn1.Cl.Cl. The maximum atomic E-state index is 12.3. The Bertz CT molecular complexity index is 704. The van der Waals surface area contributed by atoms with E-state index in [1.165, 1.54) is 0 Å². The van der Waals surface area contributed by atoms with Gasteiger partial charge in [0.15, 0.2) is 0 Å². The van der Waals surface area contributed by atoms with Crippen LogP contribution in [0.1, 0.15) is 15.9 Å². The highest BCUT2D eigenvalue weighted by molar-refractivity contribution is 6.05. The van der Waals surface area contributed by atoms with Crippen molar-refractivity contribution in [2.24, 2.45) is 0 Å². The van der Waals surface area contributed by atoms with Crippen molar-refractivity contribution in [3.63, 3.8) is 0 Å². The second-order valence-electron chi connectivity index (χ2n) is 5.53. The lowest BCUT2D eigenvalue weighted by Crippen LogP contribution is -2.36. The highest BCUT2D eigenvalue weighted by Gasteiger charge is 2.13. The monoisotopic (exact) mass is 384 g/mol. The molecule has 1 amide bonds. The molecule has 1 aliphatic rings. The molecule has 1 aromatic carbocycles. The molecule has 0 unspecified atom stereocenters. The zero-order valence-electron chi connectivity index (χ0n) is 13.9. The van der Waals surface area contributed by atoms with Crippen molar-refractivity contribution in [2.75, 3.05) is 42.3 Å². The van der Waals surface area contributed by atoms with Gasteiger partial charge in [-0.15, -0.1) is 24.8 Å². The number of anilines is 3. The van der Waals surface area contributed by atoms with E-state index in [4.69, 9.17) is 10.5 Å². The van der Waals surface area contributed by atoms with Gasteiger partial charge in [0.1, 0.15) is 5.82 Å². The molecule has 6 nitrogen and oxygen atoms in total. The molecule has 1 fully saturated rings. The van der Waals surface area contributed by atoms with Gasteiger partial charge in [0, 0.05) is 24.3 Å². The van der Waals surface area contributed by atoms with Gasteiger partial charge in [-0.25, -0.2) is 4.98 Å². The van der Waals surface area contributed by atoms with Crippen LogP contribution >= 0.6 is 24.8 Å². The molecule has 0 aliphatic carbocycles. The summed E-state index contributed by atoms with van der Waals surface area (Å²) in [6, 6.07) is 9.05. The second kappa shape index (κ2) is 9.46. The van der Waals surface area contributed by atoms with Crippen molar-refractivity contribution >= 4 is 47.9 Å². The first-order valence-electron chi connectivity index (χ1n) is 7.60. The van der Waals surface area contributed by atoms with Crippen LogP contribution in [0.25, 0.3) is 0 Å². The van der Waals surface area contributed by atoms with Gasteiger partial charge in [-0.2, -0.15) is 0 Å². The third kappa shape index (κ3) is 5.22. The van der Waals surface area contributed by atoms with Crippen molar-refractivity contribution in [3.8, 4) is 0 Å². The van der Waals surface area contributed by atoms with Crippen LogP contribution in [0.15, 0.2) is 36.5 Å². The first-order chi connectivity index (χ1) is 11.1. The Balaban J connectivity index is 0.00000156. The summed E-state index contributed by atoms with van der Waals surface area (Å²) in [4.78, 5) is 18.9. The maximum Gasteiger partial charge on any atom is 0.257 e. The van der Waals surface area contributed by atoms with E-state index in [1.807, 2.05) is 25.1 Å². The zero-order valence-corrected chi connectivity index (χ0v) is 15.5. The Hall–Kier alpha value is -2.02. The number of aryl methyl sites for hydroxylation is 1. The van der Waals surface area contributed by atoms with Crippen LogP contribution in [0.5, 0.6) is 0 Å². The van der Waals surface area contributed by atoms with E-state index in [0.29, 0.717) is 17.1 Å². The van der Waals surface area contributed by atoms with Gasteiger partial charge in [0.2, 0.25) is 0 Å². The lowest BCUT2D eigenvalue weighted by atomic mass is 10.1. The number of carbonyl (C=O) groups is 1. The number of nitrogens with one attached hydrogen (secondary N) is 1. The second-order valence-corrected chi connectivity index (χ2v) is 5.53. The van der Waals surface area contributed by atoms with Gasteiger partial charge in [0.25, 0.3) is 5.91 Å².